The van der Waals surface area contributed by atoms with Gasteiger partial charge in [0.25, 0.3) is 5.69 Å². The normalized spacial score (nSPS) is 11.1. The Morgan fingerprint density at radius 1 is 1.25 bits per heavy atom. The van der Waals surface area contributed by atoms with Gasteiger partial charge in [0.2, 0.25) is 0 Å². The number of nitro benzene ring substituents is 1. The molecule has 0 unspecified atom stereocenters. The molecule has 0 saturated carbocycles. The number of nitro groups is 1. The van der Waals surface area contributed by atoms with Crippen LogP contribution >= 0.6 is 0 Å². The van der Waals surface area contributed by atoms with Gasteiger partial charge in [-0.05, 0) is 52.3 Å². The van der Waals surface area contributed by atoms with Gasteiger partial charge in [0.05, 0.1) is 4.92 Å². The van der Waals surface area contributed by atoms with Crippen molar-refractivity contribution in [1.29, 1.82) is 0 Å². The number of rotatable bonds is 8. The second kappa shape index (κ2) is 7.81. The summed E-state index contributed by atoms with van der Waals surface area (Å²) in [4.78, 5) is 15.0. The van der Waals surface area contributed by atoms with E-state index in [0.29, 0.717) is 5.69 Å². The summed E-state index contributed by atoms with van der Waals surface area (Å²) in [5.74, 6) is 0. The molecule has 0 atom stereocenters. The second-order valence-corrected chi connectivity index (χ2v) is 5.25. The van der Waals surface area contributed by atoms with Crippen molar-refractivity contribution in [3.63, 3.8) is 0 Å². The zero-order valence-electron chi connectivity index (χ0n) is 12.7. The summed E-state index contributed by atoms with van der Waals surface area (Å²) in [7, 11) is 7.84. The number of anilines is 1. The van der Waals surface area contributed by atoms with Crippen LogP contribution in [-0.4, -0.2) is 56.0 Å². The van der Waals surface area contributed by atoms with Gasteiger partial charge < -0.3 is 15.1 Å². The Labute approximate surface area is 120 Å². The van der Waals surface area contributed by atoms with Gasteiger partial charge in [-0.3, -0.25) is 10.1 Å². The molecular weight excluding hydrogens is 256 g/mol. The van der Waals surface area contributed by atoms with Gasteiger partial charge >= 0.3 is 0 Å². The highest BCUT2D eigenvalue weighted by Gasteiger charge is 2.14. The van der Waals surface area contributed by atoms with Crippen LogP contribution in [-0.2, 0) is 6.54 Å². The maximum atomic E-state index is 11.0. The smallest absolute Gasteiger partial charge is 0.292 e. The third-order valence-electron chi connectivity index (χ3n) is 3.13. The fraction of sp³-hybridized carbons (Fsp3) is 0.571. The summed E-state index contributed by atoms with van der Waals surface area (Å²) < 4.78 is 0. The van der Waals surface area contributed by atoms with Gasteiger partial charge in [-0.15, -0.1) is 0 Å². The van der Waals surface area contributed by atoms with Gasteiger partial charge in [0.15, 0.2) is 0 Å². The van der Waals surface area contributed by atoms with E-state index in [4.69, 9.17) is 0 Å². The fourth-order valence-electron chi connectivity index (χ4n) is 2.09. The van der Waals surface area contributed by atoms with Crippen LogP contribution in [0.1, 0.15) is 12.0 Å². The Balaban J connectivity index is 2.63. The molecule has 20 heavy (non-hydrogen) atoms. The number of hydrogen-bond donors (Lipinski definition) is 1. The highest BCUT2D eigenvalue weighted by atomic mass is 16.6. The van der Waals surface area contributed by atoms with Crippen molar-refractivity contribution in [2.45, 2.75) is 13.0 Å². The third kappa shape index (κ3) is 5.14. The molecule has 0 aromatic heterocycles. The fourth-order valence-corrected chi connectivity index (χ4v) is 2.09. The van der Waals surface area contributed by atoms with E-state index in [9.17, 15) is 10.1 Å². The Hall–Kier alpha value is -1.66. The molecule has 0 aliphatic carbocycles. The largest absolute Gasteiger partial charge is 0.383 e. The maximum Gasteiger partial charge on any atom is 0.292 e. The van der Waals surface area contributed by atoms with Crippen molar-refractivity contribution in [2.75, 3.05) is 46.6 Å². The van der Waals surface area contributed by atoms with Crippen molar-refractivity contribution in [3.05, 3.63) is 33.9 Å². The van der Waals surface area contributed by atoms with Crippen LogP contribution in [0.3, 0.4) is 0 Å². The summed E-state index contributed by atoms with van der Waals surface area (Å²) in [5, 5.41) is 13.9. The molecule has 0 fully saturated rings. The monoisotopic (exact) mass is 280 g/mol. The molecule has 1 aromatic carbocycles. The van der Waals surface area contributed by atoms with Crippen LogP contribution in [0.25, 0.3) is 0 Å². The first kappa shape index (κ1) is 16.4. The maximum absolute atomic E-state index is 11.0. The van der Waals surface area contributed by atoms with Crippen molar-refractivity contribution >= 4 is 11.4 Å². The van der Waals surface area contributed by atoms with Gasteiger partial charge in [0.1, 0.15) is 5.69 Å². The van der Waals surface area contributed by atoms with Crippen molar-refractivity contribution < 1.29 is 4.92 Å². The third-order valence-corrected chi connectivity index (χ3v) is 3.13. The molecule has 6 heteroatoms. The van der Waals surface area contributed by atoms with Gasteiger partial charge in [-0.2, -0.15) is 0 Å². The van der Waals surface area contributed by atoms with Crippen LogP contribution in [0, 0.1) is 10.1 Å². The van der Waals surface area contributed by atoms with E-state index in [0.717, 1.165) is 31.6 Å². The van der Waals surface area contributed by atoms with E-state index in [1.807, 2.05) is 13.1 Å². The van der Waals surface area contributed by atoms with Crippen LogP contribution in [0.2, 0.25) is 0 Å². The molecule has 112 valence electrons. The number of nitrogens with zero attached hydrogens (tertiary/aromatic N) is 3. The van der Waals surface area contributed by atoms with Crippen molar-refractivity contribution in [3.8, 4) is 0 Å². The second-order valence-electron chi connectivity index (χ2n) is 5.25. The van der Waals surface area contributed by atoms with Crippen LogP contribution in [0.4, 0.5) is 11.4 Å². The first-order valence-electron chi connectivity index (χ1n) is 6.72. The molecule has 0 aliphatic rings. The zero-order chi connectivity index (χ0) is 15.1. The van der Waals surface area contributed by atoms with Gasteiger partial charge in [-0.1, -0.05) is 6.07 Å². The lowest BCUT2D eigenvalue weighted by molar-refractivity contribution is -0.384. The van der Waals surface area contributed by atoms with E-state index in [1.54, 1.807) is 19.2 Å². The van der Waals surface area contributed by atoms with Crippen LogP contribution in [0.5, 0.6) is 0 Å². The molecule has 0 bridgehead atoms. The molecule has 1 rings (SSSR count). The molecular formula is C14H24N4O2. The average Bonchev–Trinajstić information content (AvgIpc) is 2.38. The molecule has 1 N–H and O–H groups in total. The highest BCUT2D eigenvalue weighted by molar-refractivity contribution is 5.62. The zero-order valence-corrected chi connectivity index (χ0v) is 12.7. The molecule has 0 heterocycles. The van der Waals surface area contributed by atoms with E-state index < -0.39 is 0 Å². The lowest BCUT2D eigenvalue weighted by atomic mass is 10.1. The Bertz CT molecular complexity index is 449. The standard InChI is InChI=1S/C14H24N4O2/c1-15-13-7-6-12(10-14(13)18(19)20)11-17(4)9-5-8-16(2)3/h6-7,10,15H,5,8-9,11H2,1-4H3. The van der Waals surface area contributed by atoms with E-state index in [1.165, 1.54) is 0 Å². The number of benzene rings is 1. The summed E-state index contributed by atoms with van der Waals surface area (Å²) in [6.07, 6.45) is 1.08. The Morgan fingerprint density at radius 3 is 2.50 bits per heavy atom. The first-order valence-corrected chi connectivity index (χ1v) is 6.72. The topological polar surface area (TPSA) is 61.6 Å². The van der Waals surface area contributed by atoms with E-state index in [2.05, 4.69) is 29.2 Å². The predicted molar refractivity (Wildman–Crippen MR) is 82.1 cm³/mol. The minimum Gasteiger partial charge on any atom is -0.383 e. The molecule has 0 amide bonds. The molecule has 6 nitrogen and oxygen atoms in total. The summed E-state index contributed by atoms with van der Waals surface area (Å²) in [5.41, 5.74) is 1.64. The van der Waals surface area contributed by atoms with E-state index >= 15 is 0 Å². The predicted octanol–water partition coefficient (Wildman–Crippen LogP) is 2.02. The minimum absolute atomic E-state index is 0.131. The van der Waals surface area contributed by atoms with Crippen LogP contribution in [0.15, 0.2) is 18.2 Å². The molecule has 0 saturated heterocycles. The summed E-state index contributed by atoms with van der Waals surface area (Å²) in [6.45, 7) is 2.74. The molecule has 0 spiro atoms. The van der Waals surface area contributed by atoms with Crippen molar-refractivity contribution in [2.24, 2.45) is 0 Å². The van der Waals surface area contributed by atoms with Gasteiger partial charge in [0, 0.05) is 19.7 Å². The summed E-state index contributed by atoms with van der Waals surface area (Å²) >= 11 is 0. The van der Waals surface area contributed by atoms with Crippen molar-refractivity contribution in [1.82, 2.24) is 9.80 Å². The lowest BCUT2D eigenvalue weighted by Gasteiger charge is -2.18. The molecule has 0 aliphatic heterocycles. The average molecular weight is 280 g/mol. The van der Waals surface area contributed by atoms with Crippen LogP contribution < -0.4 is 5.32 Å². The first-order chi connectivity index (χ1) is 9.43. The summed E-state index contributed by atoms with van der Waals surface area (Å²) in [6, 6.07) is 5.34. The number of hydrogen-bond acceptors (Lipinski definition) is 5. The Morgan fingerprint density at radius 2 is 1.95 bits per heavy atom. The minimum atomic E-state index is -0.346. The quantitative estimate of drug-likeness (QED) is 0.583. The van der Waals surface area contributed by atoms with Gasteiger partial charge in [-0.25, -0.2) is 0 Å². The molecule has 1 aromatic rings. The number of nitrogens with one attached hydrogen (secondary N) is 1. The highest BCUT2D eigenvalue weighted by Crippen LogP contribution is 2.25. The molecule has 0 radical (unpaired) electrons. The van der Waals surface area contributed by atoms with E-state index in [-0.39, 0.29) is 10.6 Å². The lowest BCUT2D eigenvalue weighted by Crippen LogP contribution is -2.23. The Kier molecular flexibility index (Phi) is 6.41. The SMILES string of the molecule is CNc1ccc(CN(C)CCCN(C)C)cc1[N+](=O)[O-].